The summed E-state index contributed by atoms with van der Waals surface area (Å²) >= 11 is 0. The highest BCUT2D eigenvalue weighted by Crippen LogP contribution is 2.37. The molecule has 1 aliphatic carbocycles. The van der Waals surface area contributed by atoms with E-state index in [4.69, 9.17) is 4.99 Å². The molecule has 1 aromatic rings. The number of sulfonamides is 1. The van der Waals surface area contributed by atoms with Crippen molar-refractivity contribution in [1.29, 1.82) is 0 Å². The third-order valence-electron chi connectivity index (χ3n) is 8.07. The minimum atomic E-state index is -3.52. The molecule has 1 saturated carbocycles. The number of piperidine rings is 1. The smallest absolute Gasteiger partial charge is 0.266 e. The van der Waals surface area contributed by atoms with Crippen molar-refractivity contribution in [1.82, 2.24) is 9.62 Å². The Morgan fingerprint density at radius 2 is 1.89 bits per heavy atom. The lowest BCUT2D eigenvalue weighted by Gasteiger charge is -2.34. The number of hydrogen-bond donors (Lipinski definition) is 2. The van der Waals surface area contributed by atoms with Gasteiger partial charge in [0.1, 0.15) is 11.4 Å². The van der Waals surface area contributed by atoms with Crippen LogP contribution >= 0.6 is 0 Å². The van der Waals surface area contributed by atoms with Crippen LogP contribution in [0.15, 0.2) is 35.3 Å². The van der Waals surface area contributed by atoms with Gasteiger partial charge < -0.3 is 10.6 Å². The van der Waals surface area contributed by atoms with Gasteiger partial charge in [-0.2, -0.15) is 8.78 Å². The Hall–Kier alpha value is -2.66. The van der Waals surface area contributed by atoms with Crippen LogP contribution < -0.4 is 10.6 Å². The fourth-order valence-corrected chi connectivity index (χ4v) is 7.24. The van der Waals surface area contributed by atoms with E-state index in [0.717, 1.165) is 42.9 Å². The zero-order chi connectivity index (χ0) is 27.5. The van der Waals surface area contributed by atoms with Gasteiger partial charge in [-0.25, -0.2) is 12.7 Å². The summed E-state index contributed by atoms with van der Waals surface area (Å²) in [7, 11) is -3.52. The second kappa shape index (κ2) is 11.6. The van der Waals surface area contributed by atoms with E-state index in [2.05, 4.69) is 10.6 Å². The third-order valence-corrected chi connectivity index (χ3v) is 9.94. The minimum absolute atomic E-state index is 0.0359. The lowest BCUT2D eigenvalue weighted by Crippen LogP contribution is -2.51. The molecular weight excluding hydrogens is 514 g/mol. The van der Waals surface area contributed by atoms with Gasteiger partial charge in [-0.1, -0.05) is 6.07 Å². The van der Waals surface area contributed by atoms with Crippen LogP contribution in [0.5, 0.6) is 0 Å². The molecule has 0 unspecified atom stereocenters. The molecule has 8 nitrogen and oxygen atoms in total. The Balaban J connectivity index is 1.31. The number of hydrogen-bond acceptors (Lipinski definition) is 5. The molecule has 0 atom stereocenters. The van der Waals surface area contributed by atoms with Crippen LogP contribution in [0.25, 0.3) is 0 Å². The molecule has 0 aromatic heterocycles. The van der Waals surface area contributed by atoms with Crippen molar-refractivity contribution in [3.8, 4) is 0 Å². The van der Waals surface area contributed by atoms with Crippen molar-refractivity contribution in [3.05, 3.63) is 41.5 Å². The number of amidine groups is 1. The van der Waals surface area contributed by atoms with Gasteiger partial charge in [0.2, 0.25) is 15.9 Å². The molecule has 208 valence electrons. The van der Waals surface area contributed by atoms with Crippen molar-refractivity contribution in [2.45, 2.75) is 70.8 Å². The average molecular weight is 551 g/mol. The molecule has 2 fully saturated rings. The first-order valence-electron chi connectivity index (χ1n) is 13.2. The highest BCUT2D eigenvalue weighted by atomic mass is 32.2. The molecule has 2 heterocycles. The first-order valence-corrected chi connectivity index (χ1v) is 14.9. The Morgan fingerprint density at radius 3 is 2.50 bits per heavy atom. The average Bonchev–Trinajstić information content (AvgIpc) is 3.17. The lowest BCUT2D eigenvalue weighted by molar-refractivity contribution is -0.125. The lowest BCUT2D eigenvalue weighted by atomic mass is 9.80. The SMILES string of the molecule is CC(=O)Nc1ccc(CCS(=O)(=O)N2CCC3(CC2)N=C([C@H]2CC[C@H](CC=C(F)F)CC2)NC3=O)c(C)c1. The molecule has 3 aliphatic rings. The molecule has 1 saturated heterocycles. The fraction of sp³-hybridized carbons (Fsp3) is 0.593. The van der Waals surface area contributed by atoms with Gasteiger partial charge >= 0.3 is 0 Å². The van der Waals surface area contributed by atoms with E-state index in [1.54, 1.807) is 6.07 Å². The number of nitrogens with zero attached hydrogens (tertiary/aromatic N) is 2. The molecule has 38 heavy (non-hydrogen) atoms. The zero-order valence-electron chi connectivity index (χ0n) is 21.9. The van der Waals surface area contributed by atoms with E-state index in [1.165, 1.54) is 11.2 Å². The van der Waals surface area contributed by atoms with Gasteiger partial charge in [-0.05, 0) is 93.5 Å². The van der Waals surface area contributed by atoms with Crippen molar-refractivity contribution in [2.75, 3.05) is 24.2 Å². The number of anilines is 1. The standard InChI is InChI=1S/C27H36F2N4O4S/c1-18-17-23(30-19(2)34)9-8-21(18)11-16-38(36,37)33-14-12-27(13-15-33)26(35)31-25(32-27)22-6-3-20(4-7-22)5-10-24(28)29/h8-10,17,20,22H,3-7,11-16H2,1-2H3,(H,30,34)(H,31,32,35)/t20-,22-. The molecule has 1 aromatic carbocycles. The number of halogens is 2. The van der Waals surface area contributed by atoms with Crippen molar-refractivity contribution in [3.63, 3.8) is 0 Å². The van der Waals surface area contributed by atoms with E-state index >= 15 is 0 Å². The number of nitrogens with one attached hydrogen (secondary N) is 2. The summed E-state index contributed by atoms with van der Waals surface area (Å²) in [5, 5.41) is 5.68. The Morgan fingerprint density at radius 1 is 1.21 bits per heavy atom. The maximum absolute atomic E-state index is 13.1. The summed E-state index contributed by atoms with van der Waals surface area (Å²) in [6, 6.07) is 5.43. The van der Waals surface area contributed by atoms with Crippen LogP contribution in [0.3, 0.4) is 0 Å². The first kappa shape index (κ1) is 28.4. The van der Waals surface area contributed by atoms with E-state index in [0.29, 0.717) is 37.2 Å². The number of aliphatic imine (C=N–C) groups is 1. The normalized spacial score (nSPS) is 23.6. The second-order valence-electron chi connectivity index (χ2n) is 10.7. The Kier molecular flexibility index (Phi) is 8.66. The third kappa shape index (κ3) is 6.66. The molecule has 1 spiro atoms. The maximum Gasteiger partial charge on any atom is 0.266 e. The van der Waals surface area contributed by atoms with Crippen LogP contribution in [-0.2, 0) is 26.0 Å². The molecule has 4 rings (SSSR count). The van der Waals surface area contributed by atoms with Gasteiger partial charge in [0.05, 0.1) is 5.75 Å². The Labute approximate surface area is 223 Å². The van der Waals surface area contributed by atoms with Crippen molar-refractivity contribution >= 4 is 33.4 Å². The number of benzene rings is 1. The van der Waals surface area contributed by atoms with E-state index in [1.807, 2.05) is 19.1 Å². The van der Waals surface area contributed by atoms with Gasteiger partial charge in [-0.15, -0.1) is 0 Å². The van der Waals surface area contributed by atoms with Crippen LogP contribution in [0.1, 0.15) is 63.0 Å². The molecule has 2 N–H and O–H groups in total. The largest absolute Gasteiger partial charge is 0.326 e. The van der Waals surface area contributed by atoms with Crippen LogP contribution in [0, 0.1) is 18.8 Å². The van der Waals surface area contributed by atoms with Gasteiger partial charge in [-0.3, -0.25) is 14.6 Å². The predicted octanol–water partition coefficient (Wildman–Crippen LogP) is 4.17. The topological polar surface area (TPSA) is 108 Å². The number of carbonyl (C=O) groups excluding carboxylic acids is 2. The predicted molar refractivity (Wildman–Crippen MR) is 142 cm³/mol. The van der Waals surface area contributed by atoms with E-state index in [-0.39, 0.29) is 42.5 Å². The number of aryl methyl sites for hydroxylation is 2. The van der Waals surface area contributed by atoms with Gasteiger partial charge in [0.25, 0.3) is 12.0 Å². The summed E-state index contributed by atoms with van der Waals surface area (Å²) in [5.74, 6) is 0.649. The van der Waals surface area contributed by atoms with Crippen molar-refractivity contribution < 1.29 is 26.8 Å². The number of amides is 2. The quantitative estimate of drug-likeness (QED) is 0.507. The fourth-order valence-electron chi connectivity index (χ4n) is 5.76. The summed E-state index contributed by atoms with van der Waals surface area (Å²) < 4.78 is 52.4. The summed E-state index contributed by atoms with van der Waals surface area (Å²) in [4.78, 5) is 29.0. The van der Waals surface area contributed by atoms with Crippen LogP contribution in [0.2, 0.25) is 0 Å². The van der Waals surface area contributed by atoms with Crippen LogP contribution in [-0.4, -0.2) is 54.8 Å². The number of rotatable bonds is 8. The number of carbonyl (C=O) groups is 2. The molecule has 2 aliphatic heterocycles. The molecule has 11 heteroatoms. The number of allylic oxidation sites excluding steroid dienone is 1. The first-order chi connectivity index (χ1) is 18.0. The highest BCUT2D eigenvalue weighted by molar-refractivity contribution is 7.89. The van der Waals surface area contributed by atoms with E-state index < -0.39 is 21.6 Å². The highest BCUT2D eigenvalue weighted by Gasteiger charge is 2.48. The zero-order valence-corrected chi connectivity index (χ0v) is 22.8. The molecular formula is C27H36F2N4O4S. The summed E-state index contributed by atoms with van der Waals surface area (Å²) in [5.41, 5.74) is 1.57. The van der Waals surface area contributed by atoms with Crippen molar-refractivity contribution in [2.24, 2.45) is 16.8 Å². The monoisotopic (exact) mass is 550 g/mol. The summed E-state index contributed by atoms with van der Waals surface area (Å²) in [6.07, 6.45) is 3.99. The van der Waals surface area contributed by atoms with E-state index in [9.17, 15) is 26.8 Å². The summed E-state index contributed by atoms with van der Waals surface area (Å²) in [6.45, 7) is 3.80. The maximum atomic E-state index is 13.1. The molecule has 0 radical (unpaired) electrons. The Bertz CT molecular complexity index is 1230. The van der Waals surface area contributed by atoms with Crippen LogP contribution in [0.4, 0.5) is 14.5 Å². The second-order valence-corrected chi connectivity index (χ2v) is 12.8. The molecule has 0 bridgehead atoms. The molecule has 2 amide bonds. The minimum Gasteiger partial charge on any atom is -0.326 e. The van der Waals surface area contributed by atoms with Gasteiger partial charge in [0.15, 0.2) is 0 Å². The van der Waals surface area contributed by atoms with Gasteiger partial charge in [0, 0.05) is 31.6 Å².